The predicted molar refractivity (Wildman–Crippen MR) is 68.7 cm³/mol. The highest BCUT2D eigenvalue weighted by atomic mass is 19.1. The van der Waals surface area contributed by atoms with Crippen LogP contribution in [0.4, 0.5) is 4.39 Å². The van der Waals surface area contributed by atoms with Crippen molar-refractivity contribution in [3.8, 4) is 0 Å². The van der Waals surface area contributed by atoms with Gasteiger partial charge in [0, 0.05) is 19.1 Å². The van der Waals surface area contributed by atoms with Gasteiger partial charge in [-0.25, -0.2) is 4.39 Å². The van der Waals surface area contributed by atoms with E-state index in [-0.39, 0.29) is 17.5 Å². The summed E-state index contributed by atoms with van der Waals surface area (Å²) >= 11 is 0. The topological polar surface area (TPSA) is 46.3 Å². The lowest BCUT2D eigenvalue weighted by Gasteiger charge is -2.34. The lowest BCUT2D eigenvalue weighted by molar-refractivity contribution is 0.0656. The predicted octanol–water partition coefficient (Wildman–Crippen LogP) is 2.03. The van der Waals surface area contributed by atoms with E-state index in [1.807, 2.05) is 6.92 Å². The molecule has 18 heavy (non-hydrogen) atoms. The minimum absolute atomic E-state index is 0.0706. The highest BCUT2D eigenvalue weighted by Crippen LogP contribution is 2.21. The maximum Gasteiger partial charge on any atom is 0.256 e. The van der Waals surface area contributed by atoms with E-state index in [2.05, 4.69) is 0 Å². The van der Waals surface area contributed by atoms with Crippen LogP contribution in [0.1, 0.15) is 30.1 Å². The van der Waals surface area contributed by atoms with E-state index >= 15 is 0 Å². The maximum absolute atomic E-state index is 13.6. The molecule has 2 rings (SSSR count). The number of nitrogens with zero attached hydrogens (tertiary/aromatic N) is 1. The Kier molecular flexibility index (Phi) is 3.97. The third-order valence-corrected chi connectivity index (χ3v) is 3.59. The minimum atomic E-state index is -0.453. The minimum Gasteiger partial charge on any atom is -0.338 e. The van der Waals surface area contributed by atoms with Gasteiger partial charge in [0.1, 0.15) is 5.82 Å². The third kappa shape index (κ3) is 2.70. The molecule has 0 radical (unpaired) electrons. The Balaban J connectivity index is 2.12. The normalized spacial score (nSPS) is 21.7. The number of nitrogens with two attached hydrogens (primary N) is 1. The number of hydrogen-bond acceptors (Lipinski definition) is 2. The average Bonchev–Trinajstić information content (AvgIpc) is 2.38. The van der Waals surface area contributed by atoms with Crippen LogP contribution >= 0.6 is 0 Å². The van der Waals surface area contributed by atoms with Gasteiger partial charge in [-0.15, -0.1) is 0 Å². The van der Waals surface area contributed by atoms with Crippen molar-refractivity contribution >= 4 is 5.91 Å². The highest BCUT2D eigenvalue weighted by Gasteiger charge is 2.27. The number of rotatable bonds is 2. The molecule has 3 nitrogen and oxygen atoms in total. The summed E-state index contributed by atoms with van der Waals surface area (Å²) < 4.78 is 13.6. The second kappa shape index (κ2) is 5.48. The summed E-state index contributed by atoms with van der Waals surface area (Å²) in [5.74, 6) is -0.363. The number of likely N-dealkylation sites (tertiary alicyclic amines) is 1. The first-order chi connectivity index (χ1) is 8.59. The van der Waals surface area contributed by atoms with Crippen molar-refractivity contribution in [2.75, 3.05) is 13.1 Å². The highest BCUT2D eigenvalue weighted by molar-refractivity contribution is 5.94. The SMILES string of the molecule is CC(N)C1CCCN(C(=O)c2ccccc2F)C1. The maximum atomic E-state index is 13.6. The molecule has 2 atom stereocenters. The van der Waals surface area contributed by atoms with Crippen molar-refractivity contribution < 1.29 is 9.18 Å². The van der Waals surface area contributed by atoms with Gasteiger partial charge in [0.05, 0.1) is 5.56 Å². The van der Waals surface area contributed by atoms with Crippen LogP contribution < -0.4 is 5.73 Å². The molecule has 1 amide bonds. The summed E-state index contributed by atoms with van der Waals surface area (Å²) in [7, 11) is 0. The van der Waals surface area contributed by atoms with Gasteiger partial charge in [-0.05, 0) is 37.8 Å². The van der Waals surface area contributed by atoms with E-state index in [9.17, 15) is 9.18 Å². The molecule has 0 aliphatic carbocycles. The molecule has 4 heteroatoms. The molecule has 1 aromatic carbocycles. The fourth-order valence-corrected chi connectivity index (χ4v) is 2.43. The third-order valence-electron chi connectivity index (χ3n) is 3.59. The summed E-state index contributed by atoms with van der Waals surface area (Å²) in [6.07, 6.45) is 1.98. The molecule has 1 aliphatic rings. The van der Waals surface area contributed by atoms with E-state index in [0.29, 0.717) is 19.0 Å². The lowest BCUT2D eigenvalue weighted by atomic mass is 9.92. The zero-order valence-corrected chi connectivity index (χ0v) is 10.6. The Bertz CT molecular complexity index is 434. The van der Waals surface area contributed by atoms with E-state index < -0.39 is 5.82 Å². The van der Waals surface area contributed by atoms with E-state index in [1.165, 1.54) is 12.1 Å². The fraction of sp³-hybridized carbons (Fsp3) is 0.500. The summed E-state index contributed by atoms with van der Waals surface area (Å²) in [6.45, 7) is 3.28. The fourth-order valence-electron chi connectivity index (χ4n) is 2.43. The van der Waals surface area contributed by atoms with Crippen molar-refractivity contribution in [3.63, 3.8) is 0 Å². The molecule has 0 bridgehead atoms. The molecule has 2 N–H and O–H groups in total. The van der Waals surface area contributed by atoms with Crippen molar-refractivity contribution in [2.45, 2.75) is 25.8 Å². The van der Waals surface area contributed by atoms with Crippen LogP contribution in [0.3, 0.4) is 0 Å². The molecule has 1 aromatic rings. The summed E-state index contributed by atoms with van der Waals surface area (Å²) in [5, 5.41) is 0. The van der Waals surface area contributed by atoms with E-state index in [0.717, 1.165) is 12.8 Å². The molecule has 0 saturated carbocycles. The molecule has 98 valence electrons. The molecule has 1 fully saturated rings. The summed E-state index contributed by atoms with van der Waals surface area (Å²) in [6, 6.07) is 6.20. The van der Waals surface area contributed by atoms with Gasteiger partial charge in [-0.3, -0.25) is 4.79 Å². The van der Waals surface area contributed by atoms with Crippen LogP contribution in [0.15, 0.2) is 24.3 Å². The molecule has 2 unspecified atom stereocenters. The molecule has 1 saturated heterocycles. The van der Waals surface area contributed by atoms with Crippen LogP contribution in [-0.4, -0.2) is 29.9 Å². The van der Waals surface area contributed by atoms with Crippen LogP contribution in [0.25, 0.3) is 0 Å². The molecular weight excluding hydrogens is 231 g/mol. The number of benzene rings is 1. The second-order valence-corrected chi connectivity index (χ2v) is 4.99. The largest absolute Gasteiger partial charge is 0.338 e. The van der Waals surface area contributed by atoms with Crippen LogP contribution in [-0.2, 0) is 0 Å². The van der Waals surface area contributed by atoms with Crippen molar-refractivity contribution in [2.24, 2.45) is 11.7 Å². The number of carbonyl (C=O) groups is 1. The quantitative estimate of drug-likeness (QED) is 0.873. The van der Waals surface area contributed by atoms with E-state index in [1.54, 1.807) is 17.0 Å². The zero-order valence-electron chi connectivity index (χ0n) is 10.6. The second-order valence-electron chi connectivity index (χ2n) is 4.99. The average molecular weight is 250 g/mol. The van der Waals surface area contributed by atoms with Crippen LogP contribution in [0, 0.1) is 11.7 Å². The van der Waals surface area contributed by atoms with Crippen LogP contribution in [0.2, 0.25) is 0 Å². The lowest BCUT2D eigenvalue weighted by Crippen LogP contribution is -2.45. The Morgan fingerprint density at radius 2 is 2.22 bits per heavy atom. The molecule has 1 heterocycles. The number of carbonyl (C=O) groups excluding carboxylic acids is 1. The number of piperidine rings is 1. The Morgan fingerprint density at radius 3 is 2.89 bits per heavy atom. The van der Waals surface area contributed by atoms with Gasteiger partial charge in [-0.1, -0.05) is 12.1 Å². The number of halogens is 1. The number of hydrogen-bond donors (Lipinski definition) is 1. The Labute approximate surface area is 107 Å². The first kappa shape index (κ1) is 13.0. The molecule has 0 spiro atoms. The van der Waals surface area contributed by atoms with Crippen LogP contribution in [0.5, 0.6) is 0 Å². The zero-order chi connectivity index (χ0) is 13.1. The number of amides is 1. The van der Waals surface area contributed by atoms with Crippen molar-refractivity contribution in [3.05, 3.63) is 35.6 Å². The van der Waals surface area contributed by atoms with Gasteiger partial charge >= 0.3 is 0 Å². The smallest absolute Gasteiger partial charge is 0.256 e. The Hall–Kier alpha value is -1.42. The van der Waals surface area contributed by atoms with Gasteiger partial charge in [-0.2, -0.15) is 0 Å². The van der Waals surface area contributed by atoms with Gasteiger partial charge in [0.15, 0.2) is 0 Å². The first-order valence-electron chi connectivity index (χ1n) is 6.39. The monoisotopic (exact) mass is 250 g/mol. The summed E-state index contributed by atoms with van der Waals surface area (Å²) in [4.78, 5) is 14.0. The van der Waals surface area contributed by atoms with Gasteiger partial charge in [0.2, 0.25) is 0 Å². The molecule has 0 aromatic heterocycles. The van der Waals surface area contributed by atoms with Crippen molar-refractivity contribution in [1.82, 2.24) is 4.90 Å². The molecule has 1 aliphatic heterocycles. The van der Waals surface area contributed by atoms with E-state index in [4.69, 9.17) is 5.73 Å². The van der Waals surface area contributed by atoms with Gasteiger partial charge in [0.25, 0.3) is 5.91 Å². The van der Waals surface area contributed by atoms with Gasteiger partial charge < -0.3 is 10.6 Å². The standard InChI is InChI=1S/C14H19FN2O/c1-10(16)11-5-4-8-17(9-11)14(18)12-6-2-3-7-13(12)15/h2-3,6-7,10-11H,4-5,8-9,16H2,1H3. The first-order valence-corrected chi connectivity index (χ1v) is 6.39. The van der Waals surface area contributed by atoms with Crippen molar-refractivity contribution in [1.29, 1.82) is 0 Å². The Morgan fingerprint density at radius 1 is 1.50 bits per heavy atom. The molecular formula is C14H19FN2O. The summed E-state index contributed by atoms with van der Waals surface area (Å²) in [5.41, 5.74) is 6.04.